The van der Waals surface area contributed by atoms with Gasteiger partial charge in [0.1, 0.15) is 11.9 Å². The van der Waals surface area contributed by atoms with Crippen LogP contribution >= 0.6 is 0 Å². The van der Waals surface area contributed by atoms with Crippen molar-refractivity contribution < 1.29 is 18.7 Å². The Morgan fingerprint density at radius 3 is 2.81 bits per heavy atom. The Morgan fingerprint density at radius 2 is 2.04 bits per heavy atom. The van der Waals surface area contributed by atoms with Crippen LogP contribution in [0, 0.1) is 5.82 Å². The molecule has 0 spiro atoms. The second kappa shape index (κ2) is 8.78. The summed E-state index contributed by atoms with van der Waals surface area (Å²) < 4.78 is 23.9. The van der Waals surface area contributed by atoms with Crippen LogP contribution in [0.15, 0.2) is 48.5 Å². The van der Waals surface area contributed by atoms with Crippen molar-refractivity contribution in [2.24, 2.45) is 0 Å². The normalized spacial score (nSPS) is 17.2. The van der Waals surface area contributed by atoms with E-state index in [1.165, 1.54) is 12.1 Å². The first-order valence-corrected chi connectivity index (χ1v) is 8.62. The van der Waals surface area contributed by atoms with Gasteiger partial charge in [0.15, 0.2) is 0 Å². The minimum absolute atomic E-state index is 0.127. The van der Waals surface area contributed by atoms with Gasteiger partial charge in [-0.1, -0.05) is 36.4 Å². The van der Waals surface area contributed by atoms with E-state index in [0.717, 1.165) is 16.7 Å². The Labute approximate surface area is 152 Å². The lowest BCUT2D eigenvalue weighted by Gasteiger charge is -2.33. The van der Waals surface area contributed by atoms with Gasteiger partial charge >= 0.3 is 6.03 Å². The molecule has 1 fully saturated rings. The van der Waals surface area contributed by atoms with Gasteiger partial charge in [-0.2, -0.15) is 0 Å². The zero-order valence-corrected chi connectivity index (χ0v) is 14.8. The molecule has 1 aliphatic rings. The van der Waals surface area contributed by atoms with E-state index in [1.54, 1.807) is 24.1 Å². The molecule has 2 aromatic rings. The van der Waals surface area contributed by atoms with Gasteiger partial charge in [0.2, 0.25) is 0 Å². The Balaban J connectivity index is 1.55. The van der Waals surface area contributed by atoms with Gasteiger partial charge in [-0.05, 0) is 28.8 Å². The van der Waals surface area contributed by atoms with Crippen LogP contribution in [0.3, 0.4) is 0 Å². The summed E-state index contributed by atoms with van der Waals surface area (Å²) in [5.41, 5.74) is 2.97. The third-order valence-corrected chi connectivity index (χ3v) is 4.34. The number of hydrogen-bond acceptors (Lipinski definition) is 3. The Kier molecular flexibility index (Phi) is 6.20. The number of carbonyl (C=O) groups excluding carboxylic acids is 1. The molecule has 0 radical (unpaired) electrons. The zero-order chi connectivity index (χ0) is 18.4. The summed E-state index contributed by atoms with van der Waals surface area (Å²) in [6.07, 6.45) is -0.236. The van der Waals surface area contributed by atoms with Crippen molar-refractivity contribution in [3.63, 3.8) is 0 Å². The quantitative estimate of drug-likeness (QED) is 0.893. The molecule has 1 atom stereocenters. The number of urea groups is 1. The monoisotopic (exact) mass is 358 g/mol. The molecule has 1 aliphatic heterocycles. The van der Waals surface area contributed by atoms with Gasteiger partial charge in [0.05, 0.1) is 19.8 Å². The minimum Gasteiger partial charge on any atom is -0.380 e. The highest BCUT2D eigenvalue weighted by Gasteiger charge is 2.25. The molecule has 26 heavy (non-hydrogen) atoms. The topological polar surface area (TPSA) is 50.8 Å². The second-order valence-corrected chi connectivity index (χ2v) is 6.27. The van der Waals surface area contributed by atoms with E-state index in [1.807, 2.05) is 24.3 Å². The highest BCUT2D eigenvalue weighted by Crippen LogP contribution is 2.22. The smallest absolute Gasteiger partial charge is 0.317 e. The number of methoxy groups -OCH3 is 1. The first kappa shape index (κ1) is 18.4. The van der Waals surface area contributed by atoms with Crippen molar-refractivity contribution in [3.05, 3.63) is 71.0 Å². The first-order chi connectivity index (χ1) is 12.7. The van der Waals surface area contributed by atoms with E-state index in [4.69, 9.17) is 9.47 Å². The molecular formula is C20H23FN2O3. The largest absolute Gasteiger partial charge is 0.380 e. The second-order valence-electron chi connectivity index (χ2n) is 6.27. The van der Waals surface area contributed by atoms with Gasteiger partial charge in [-0.15, -0.1) is 0 Å². The van der Waals surface area contributed by atoms with Crippen LogP contribution in [-0.2, 0) is 22.6 Å². The summed E-state index contributed by atoms with van der Waals surface area (Å²) in [7, 11) is 1.66. The highest BCUT2D eigenvalue weighted by atomic mass is 19.1. The van der Waals surface area contributed by atoms with E-state index in [0.29, 0.717) is 32.8 Å². The summed E-state index contributed by atoms with van der Waals surface area (Å²) in [5, 5.41) is 2.95. The van der Waals surface area contributed by atoms with Crippen LogP contribution in [0.25, 0.3) is 0 Å². The van der Waals surface area contributed by atoms with E-state index >= 15 is 0 Å². The maximum Gasteiger partial charge on any atom is 0.317 e. The first-order valence-electron chi connectivity index (χ1n) is 8.62. The predicted octanol–water partition coefficient (Wildman–Crippen LogP) is 3.26. The Bertz CT molecular complexity index is 736. The van der Waals surface area contributed by atoms with Crippen LogP contribution in [0.2, 0.25) is 0 Å². The molecule has 5 nitrogen and oxygen atoms in total. The van der Waals surface area contributed by atoms with Gasteiger partial charge in [0, 0.05) is 20.2 Å². The number of benzene rings is 2. The summed E-state index contributed by atoms with van der Waals surface area (Å²) in [6, 6.07) is 14.0. The fraction of sp³-hybridized carbons (Fsp3) is 0.350. The molecule has 6 heteroatoms. The van der Waals surface area contributed by atoms with Crippen molar-refractivity contribution in [1.82, 2.24) is 10.2 Å². The van der Waals surface area contributed by atoms with Crippen molar-refractivity contribution in [3.8, 4) is 0 Å². The van der Waals surface area contributed by atoms with E-state index in [-0.39, 0.29) is 18.0 Å². The van der Waals surface area contributed by atoms with E-state index in [9.17, 15) is 9.18 Å². The molecule has 1 unspecified atom stereocenters. The van der Waals surface area contributed by atoms with Gasteiger partial charge < -0.3 is 19.7 Å². The van der Waals surface area contributed by atoms with Crippen LogP contribution in [0.5, 0.6) is 0 Å². The number of hydrogen-bond donors (Lipinski definition) is 1. The summed E-state index contributed by atoms with van der Waals surface area (Å²) in [4.78, 5) is 14.2. The molecule has 1 saturated heterocycles. The number of halogens is 1. The lowest BCUT2D eigenvalue weighted by Crippen LogP contribution is -2.46. The van der Waals surface area contributed by atoms with Crippen molar-refractivity contribution >= 4 is 6.03 Å². The maximum absolute atomic E-state index is 13.1. The molecule has 0 aliphatic carbocycles. The fourth-order valence-electron chi connectivity index (χ4n) is 3.00. The SMILES string of the molecule is COCc1cccc(CNC(=O)N2CCOC(c3ccc(F)cc3)C2)c1. The summed E-state index contributed by atoms with van der Waals surface area (Å²) in [5.74, 6) is -0.283. The number of amides is 2. The van der Waals surface area contributed by atoms with E-state index < -0.39 is 0 Å². The lowest BCUT2D eigenvalue weighted by molar-refractivity contribution is -0.0155. The highest BCUT2D eigenvalue weighted by molar-refractivity contribution is 5.74. The third kappa shape index (κ3) is 4.80. The number of nitrogens with zero attached hydrogens (tertiary/aromatic N) is 1. The number of carbonyl (C=O) groups is 1. The Hall–Kier alpha value is -2.44. The molecular weight excluding hydrogens is 335 g/mol. The molecule has 138 valence electrons. The van der Waals surface area contributed by atoms with Gasteiger partial charge in [-0.25, -0.2) is 9.18 Å². The van der Waals surface area contributed by atoms with Crippen molar-refractivity contribution in [2.75, 3.05) is 26.8 Å². The molecule has 2 aromatic carbocycles. The maximum atomic E-state index is 13.1. The standard InChI is InChI=1S/C20H23FN2O3/c1-25-14-16-4-2-3-15(11-16)12-22-20(24)23-9-10-26-19(13-23)17-5-7-18(21)8-6-17/h2-8,11,19H,9-10,12-14H2,1H3,(H,22,24). The van der Waals surface area contributed by atoms with Crippen LogP contribution < -0.4 is 5.32 Å². The predicted molar refractivity (Wildman–Crippen MR) is 96.1 cm³/mol. The van der Waals surface area contributed by atoms with Crippen molar-refractivity contribution in [1.29, 1.82) is 0 Å². The minimum atomic E-state index is -0.283. The molecule has 1 N–H and O–H groups in total. The molecule has 1 heterocycles. The van der Waals surface area contributed by atoms with Crippen molar-refractivity contribution in [2.45, 2.75) is 19.3 Å². The Morgan fingerprint density at radius 1 is 1.27 bits per heavy atom. The summed E-state index contributed by atoms with van der Waals surface area (Å²) >= 11 is 0. The lowest BCUT2D eigenvalue weighted by atomic mass is 10.1. The van der Waals surface area contributed by atoms with Crippen LogP contribution in [0.4, 0.5) is 9.18 Å². The molecule has 0 aromatic heterocycles. The number of rotatable bonds is 5. The molecule has 2 amide bonds. The third-order valence-electron chi connectivity index (χ3n) is 4.34. The van der Waals surface area contributed by atoms with Gasteiger partial charge in [-0.3, -0.25) is 0 Å². The number of morpholine rings is 1. The molecule has 0 bridgehead atoms. The zero-order valence-electron chi connectivity index (χ0n) is 14.8. The summed E-state index contributed by atoms with van der Waals surface area (Å²) in [6.45, 7) is 2.44. The average Bonchev–Trinajstić information content (AvgIpc) is 2.67. The van der Waals surface area contributed by atoms with E-state index in [2.05, 4.69) is 5.32 Å². The molecule has 0 saturated carbocycles. The van der Waals surface area contributed by atoms with Crippen LogP contribution in [-0.4, -0.2) is 37.7 Å². The van der Waals surface area contributed by atoms with Crippen LogP contribution in [0.1, 0.15) is 22.8 Å². The van der Waals surface area contributed by atoms with Gasteiger partial charge in [0.25, 0.3) is 0 Å². The average molecular weight is 358 g/mol. The fourth-order valence-corrected chi connectivity index (χ4v) is 3.00. The molecule has 3 rings (SSSR count). The number of nitrogens with one attached hydrogen (secondary N) is 1. The number of ether oxygens (including phenoxy) is 2.